The van der Waals surface area contributed by atoms with Crippen molar-refractivity contribution in [2.24, 2.45) is 0 Å². The summed E-state index contributed by atoms with van der Waals surface area (Å²) in [5.74, 6) is 0.0609. The van der Waals surface area contributed by atoms with Gasteiger partial charge in [-0.05, 0) is 67.8 Å². The number of unbranched alkanes of at least 4 members (excludes halogenated alkanes) is 1. The molecule has 1 fully saturated rings. The summed E-state index contributed by atoms with van der Waals surface area (Å²) in [5, 5.41) is 0. The zero-order valence-corrected chi connectivity index (χ0v) is 26.1. The molecule has 0 unspecified atom stereocenters. The molecule has 3 aromatic rings. The predicted octanol–water partition coefficient (Wildman–Crippen LogP) is 6.55. The highest BCUT2D eigenvalue weighted by atomic mass is 32.2. The molecule has 0 spiro atoms. The number of hydrogen-bond acceptors (Lipinski definition) is 5. The molecule has 0 saturated carbocycles. The van der Waals surface area contributed by atoms with E-state index in [9.17, 15) is 13.2 Å². The quantitative estimate of drug-likeness (QED) is 0.146. The van der Waals surface area contributed by atoms with Crippen molar-refractivity contribution in [1.29, 1.82) is 0 Å². The van der Waals surface area contributed by atoms with Gasteiger partial charge in [0.1, 0.15) is 6.61 Å². The van der Waals surface area contributed by atoms with Crippen LogP contribution < -0.4 is 0 Å². The van der Waals surface area contributed by atoms with Gasteiger partial charge in [0.05, 0.1) is 4.90 Å². The van der Waals surface area contributed by atoms with E-state index in [-0.39, 0.29) is 24.7 Å². The molecule has 8 heteroatoms. The molecule has 0 radical (unpaired) electrons. The van der Waals surface area contributed by atoms with E-state index in [1.807, 2.05) is 65.6 Å². The molecule has 3 aromatic carbocycles. The summed E-state index contributed by atoms with van der Waals surface area (Å²) in [6.07, 6.45) is 5.96. The van der Waals surface area contributed by atoms with E-state index in [0.29, 0.717) is 18.0 Å². The second kappa shape index (κ2) is 16.4. The fourth-order valence-electron chi connectivity index (χ4n) is 5.69. The third-order valence-corrected chi connectivity index (χ3v) is 10.1. The summed E-state index contributed by atoms with van der Waals surface area (Å²) < 4.78 is 33.7. The lowest BCUT2D eigenvalue weighted by Crippen LogP contribution is -2.48. The molecule has 1 atom stereocenters. The Morgan fingerprint density at radius 2 is 1.58 bits per heavy atom. The highest BCUT2D eigenvalue weighted by molar-refractivity contribution is 7.89. The summed E-state index contributed by atoms with van der Waals surface area (Å²) in [6.45, 7) is 7.78. The van der Waals surface area contributed by atoms with Crippen LogP contribution in [0.2, 0.25) is 0 Å². The van der Waals surface area contributed by atoms with Crippen molar-refractivity contribution in [3.63, 3.8) is 0 Å². The number of allylic oxidation sites excluding steroid dienone is 1. The maximum atomic E-state index is 13.2. The summed E-state index contributed by atoms with van der Waals surface area (Å²) in [6, 6.07) is 28.7. The topological polar surface area (TPSA) is 70.2 Å². The van der Waals surface area contributed by atoms with Crippen molar-refractivity contribution in [3.8, 4) is 0 Å². The zero-order chi connectivity index (χ0) is 30.5. The second-order valence-corrected chi connectivity index (χ2v) is 13.3. The monoisotopic (exact) mass is 603 g/mol. The minimum atomic E-state index is -3.58. The van der Waals surface area contributed by atoms with Gasteiger partial charge in [-0.1, -0.05) is 84.9 Å². The van der Waals surface area contributed by atoms with Crippen molar-refractivity contribution in [3.05, 3.63) is 115 Å². The molecule has 4 rings (SSSR count). The molecular formula is C35H45N3O4S. The van der Waals surface area contributed by atoms with E-state index in [0.717, 1.165) is 62.9 Å². The standard InChI is InChI=1S/C35H45N3O4S/c1-3-4-14-24-38(35(39)42-29-30-15-8-5-9-16-30)33-22-26-37(27-23-33)25-21-32(31-17-10-6-11-18-31)28-36(2)43(40,41)34-19-12-7-13-20-34/h3,5-13,15-20,32-33H,1,4,14,21-29H2,2H3/t32-/m0/s1. The molecule has 43 heavy (non-hydrogen) atoms. The number of likely N-dealkylation sites (N-methyl/N-ethyl adjacent to an activating group) is 1. The van der Waals surface area contributed by atoms with Gasteiger partial charge in [0.15, 0.2) is 0 Å². The molecular weight excluding hydrogens is 558 g/mol. The van der Waals surface area contributed by atoms with Crippen LogP contribution in [0.5, 0.6) is 0 Å². The van der Waals surface area contributed by atoms with Crippen molar-refractivity contribution in [1.82, 2.24) is 14.1 Å². The number of piperidine rings is 1. The number of benzene rings is 3. The van der Waals surface area contributed by atoms with Crippen LogP contribution in [0, 0.1) is 0 Å². The molecule has 1 heterocycles. The summed E-state index contributed by atoms with van der Waals surface area (Å²) >= 11 is 0. The number of sulfonamides is 1. The minimum Gasteiger partial charge on any atom is -0.445 e. The van der Waals surface area contributed by atoms with Crippen LogP contribution in [-0.2, 0) is 21.4 Å². The third kappa shape index (κ3) is 9.51. The zero-order valence-electron chi connectivity index (χ0n) is 25.3. The van der Waals surface area contributed by atoms with Gasteiger partial charge in [-0.3, -0.25) is 0 Å². The third-order valence-electron chi connectivity index (χ3n) is 8.24. The highest BCUT2D eigenvalue weighted by Crippen LogP contribution is 2.26. The Morgan fingerprint density at radius 1 is 0.977 bits per heavy atom. The van der Waals surface area contributed by atoms with Crippen LogP contribution in [0.1, 0.15) is 49.1 Å². The SMILES string of the molecule is C=CCCCN(C(=O)OCc1ccccc1)C1CCN(CC[C@@H](CN(C)S(=O)(=O)c2ccccc2)c2ccccc2)CC1. The number of nitrogens with zero attached hydrogens (tertiary/aromatic N) is 3. The fraction of sp³-hybridized carbons (Fsp3) is 0.400. The lowest BCUT2D eigenvalue weighted by molar-refractivity contribution is 0.0597. The first-order valence-corrected chi connectivity index (χ1v) is 16.7. The van der Waals surface area contributed by atoms with E-state index in [4.69, 9.17) is 4.74 Å². The molecule has 1 aliphatic heterocycles. The van der Waals surface area contributed by atoms with Gasteiger partial charge in [-0.2, -0.15) is 0 Å². The Labute approximate surface area is 257 Å². The van der Waals surface area contributed by atoms with Gasteiger partial charge in [-0.15, -0.1) is 6.58 Å². The second-order valence-electron chi connectivity index (χ2n) is 11.2. The first-order valence-electron chi connectivity index (χ1n) is 15.3. The maximum absolute atomic E-state index is 13.2. The van der Waals surface area contributed by atoms with Gasteiger partial charge in [0.25, 0.3) is 0 Å². The largest absolute Gasteiger partial charge is 0.445 e. The van der Waals surface area contributed by atoms with Gasteiger partial charge >= 0.3 is 6.09 Å². The number of likely N-dealkylation sites (tertiary alicyclic amines) is 1. The number of ether oxygens (including phenoxy) is 1. The van der Waals surface area contributed by atoms with Crippen LogP contribution in [0.4, 0.5) is 4.79 Å². The van der Waals surface area contributed by atoms with Gasteiger partial charge < -0.3 is 14.5 Å². The molecule has 230 valence electrons. The summed E-state index contributed by atoms with van der Waals surface area (Å²) in [4.78, 5) is 17.8. The van der Waals surface area contributed by atoms with Gasteiger partial charge in [0, 0.05) is 39.3 Å². The Hall–Kier alpha value is -3.46. The minimum absolute atomic E-state index is 0.0609. The average molecular weight is 604 g/mol. The lowest BCUT2D eigenvalue weighted by Gasteiger charge is -2.38. The summed E-state index contributed by atoms with van der Waals surface area (Å²) in [5.41, 5.74) is 2.12. The van der Waals surface area contributed by atoms with Crippen LogP contribution in [0.15, 0.2) is 109 Å². The van der Waals surface area contributed by atoms with Crippen LogP contribution in [-0.4, -0.2) is 74.4 Å². The molecule has 1 saturated heterocycles. The highest BCUT2D eigenvalue weighted by Gasteiger charge is 2.30. The smallest absolute Gasteiger partial charge is 0.410 e. The Morgan fingerprint density at radius 3 is 2.21 bits per heavy atom. The first-order chi connectivity index (χ1) is 20.9. The summed E-state index contributed by atoms with van der Waals surface area (Å²) in [7, 11) is -1.91. The normalized spacial score (nSPS) is 15.2. The van der Waals surface area contributed by atoms with Crippen LogP contribution in [0.25, 0.3) is 0 Å². The van der Waals surface area contributed by atoms with E-state index >= 15 is 0 Å². The number of carbonyl (C=O) groups is 1. The van der Waals surface area contributed by atoms with E-state index in [1.165, 1.54) is 4.31 Å². The van der Waals surface area contributed by atoms with Crippen LogP contribution in [0.3, 0.4) is 0 Å². The molecule has 0 N–H and O–H groups in total. The van der Waals surface area contributed by atoms with Gasteiger partial charge in [0.2, 0.25) is 10.0 Å². The number of carbonyl (C=O) groups excluding carboxylic acids is 1. The molecule has 0 aromatic heterocycles. The lowest BCUT2D eigenvalue weighted by atomic mass is 9.94. The Kier molecular flexibility index (Phi) is 12.4. The number of hydrogen-bond donors (Lipinski definition) is 0. The molecule has 1 amide bonds. The number of rotatable bonds is 15. The Balaban J connectivity index is 1.34. The van der Waals surface area contributed by atoms with Gasteiger partial charge in [-0.25, -0.2) is 17.5 Å². The molecule has 0 bridgehead atoms. The van der Waals surface area contributed by atoms with Crippen LogP contribution >= 0.6 is 0 Å². The predicted molar refractivity (Wildman–Crippen MR) is 172 cm³/mol. The average Bonchev–Trinajstić information content (AvgIpc) is 3.05. The maximum Gasteiger partial charge on any atom is 0.410 e. The van der Waals surface area contributed by atoms with Crippen molar-refractivity contribution in [2.45, 2.75) is 55.6 Å². The fourth-order valence-corrected chi connectivity index (χ4v) is 6.93. The number of amides is 1. The van der Waals surface area contributed by atoms with E-state index in [1.54, 1.807) is 31.3 Å². The molecule has 0 aliphatic carbocycles. The van der Waals surface area contributed by atoms with E-state index < -0.39 is 10.0 Å². The first kappa shape index (κ1) is 32.5. The Bertz CT molecular complexity index is 1360. The van der Waals surface area contributed by atoms with Crippen molar-refractivity contribution < 1.29 is 17.9 Å². The molecule has 7 nitrogen and oxygen atoms in total. The van der Waals surface area contributed by atoms with Crippen molar-refractivity contribution >= 4 is 16.1 Å². The molecule has 1 aliphatic rings. The van der Waals surface area contributed by atoms with E-state index in [2.05, 4.69) is 23.6 Å². The van der Waals surface area contributed by atoms with Crippen molar-refractivity contribution in [2.75, 3.05) is 39.8 Å².